The van der Waals surface area contributed by atoms with Crippen molar-refractivity contribution >= 4 is 28.6 Å². The summed E-state index contributed by atoms with van der Waals surface area (Å²) in [4.78, 5) is 10.9. The van der Waals surface area contributed by atoms with Crippen LogP contribution in [-0.2, 0) is 23.7 Å². The van der Waals surface area contributed by atoms with Gasteiger partial charge in [0.2, 0.25) is 0 Å². The second-order valence-corrected chi connectivity index (χ2v) is 4.16. The normalized spacial score (nSPS) is 10.5. The summed E-state index contributed by atoms with van der Waals surface area (Å²) in [5.41, 5.74) is 0. The lowest BCUT2D eigenvalue weighted by Crippen LogP contribution is -2.12. The molecule has 0 atom stereocenters. The van der Waals surface area contributed by atoms with E-state index in [9.17, 15) is 4.79 Å². The van der Waals surface area contributed by atoms with Gasteiger partial charge in [-0.15, -0.1) is 0 Å². The number of hydrogen-bond donors (Lipinski definition) is 0. The molecule has 0 amide bonds. The highest BCUT2D eigenvalue weighted by Crippen LogP contribution is 1.89. The Morgan fingerprint density at radius 3 is 2.00 bits per heavy atom. The highest BCUT2D eigenvalue weighted by molar-refractivity contribution is 14.1. The third-order valence-electron chi connectivity index (χ3n) is 1.72. The van der Waals surface area contributed by atoms with Gasteiger partial charge in [-0.3, -0.25) is 4.79 Å². The Hall–Kier alpha value is 0.0800. The maximum atomic E-state index is 10.9. The van der Waals surface area contributed by atoms with Gasteiger partial charge in [0.15, 0.2) is 0 Å². The number of carbonyl (C=O) groups is 1. The van der Waals surface area contributed by atoms with Gasteiger partial charge in [0.1, 0.15) is 0 Å². The standard InChI is InChI=1S/C11H21IO5/c1-2-17-11(13)3-5-14-7-9-16-10-8-15-6-4-12/h2-10H2,1H3. The molecular weight excluding hydrogens is 339 g/mol. The molecule has 0 aliphatic heterocycles. The van der Waals surface area contributed by atoms with Crippen molar-refractivity contribution in [1.82, 2.24) is 0 Å². The molecule has 17 heavy (non-hydrogen) atoms. The van der Waals surface area contributed by atoms with Crippen LogP contribution >= 0.6 is 22.6 Å². The first-order valence-electron chi connectivity index (χ1n) is 5.76. The number of halogens is 1. The summed E-state index contributed by atoms with van der Waals surface area (Å²) in [6.07, 6.45) is 0.298. The quantitative estimate of drug-likeness (QED) is 0.228. The molecule has 102 valence electrons. The van der Waals surface area contributed by atoms with Crippen molar-refractivity contribution < 1.29 is 23.7 Å². The summed E-state index contributed by atoms with van der Waals surface area (Å²) in [6, 6.07) is 0. The van der Waals surface area contributed by atoms with Crippen LogP contribution in [-0.4, -0.2) is 56.6 Å². The molecule has 0 rings (SSSR count). The van der Waals surface area contributed by atoms with Gasteiger partial charge in [-0.25, -0.2) is 0 Å². The Labute approximate surface area is 116 Å². The molecule has 0 N–H and O–H groups in total. The molecular formula is C11H21IO5. The van der Waals surface area contributed by atoms with Crippen LogP contribution in [0.5, 0.6) is 0 Å². The van der Waals surface area contributed by atoms with Crippen molar-refractivity contribution in [2.24, 2.45) is 0 Å². The largest absolute Gasteiger partial charge is 0.466 e. The molecule has 0 aliphatic carbocycles. The van der Waals surface area contributed by atoms with Crippen LogP contribution in [0.3, 0.4) is 0 Å². The second-order valence-electron chi connectivity index (χ2n) is 3.08. The number of hydrogen-bond acceptors (Lipinski definition) is 5. The topological polar surface area (TPSA) is 54.0 Å². The van der Waals surface area contributed by atoms with E-state index in [4.69, 9.17) is 18.9 Å². The average Bonchev–Trinajstić information content (AvgIpc) is 2.32. The third kappa shape index (κ3) is 14.0. The van der Waals surface area contributed by atoms with Crippen molar-refractivity contribution in [2.75, 3.05) is 50.7 Å². The van der Waals surface area contributed by atoms with Crippen LogP contribution in [0.4, 0.5) is 0 Å². The van der Waals surface area contributed by atoms with Gasteiger partial charge in [0.05, 0.1) is 52.7 Å². The molecule has 0 fully saturated rings. The fourth-order valence-electron chi connectivity index (χ4n) is 0.985. The van der Waals surface area contributed by atoms with Crippen molar-refractivity contribution in [1.29, 1.82) is 0 Å². The van der Waals surface area contributed by atoms with Crippen LogP contribution in [0.1, 0.15) is 13.3 Å². The Morgan fingerprint density at radius 2 is 1.47 bits per heavy atom. The Kier molecular flexibility index (Phi) is 14.2. The maximum Gasteiger partial charge on any atom is 0.308 e. The first-order chi connectivity index (χ1) is 8.31. The predicted molar refractivity (Wildman–Crippen MR) is 72.6 cm³/mol. The lowest BCUT2D eigenvalue weighted by atomic mass is 10.5. The predicted octanol–water partition coefficient (Wildman–Crippen LogP) is 1.42. The number of carbonyl (C=O) groups excluding carboxylic acids is 1. The summed E-state index contributed by atoms with van der Waals surface area (Å²) in [7, 11) is 0. The van der Waals surface area contributed by atoms with E-state index >= 15 is 0 Å². The zero-order valence-electron chi connectivity index (χ0n) is 10.3. The van der Waals surface area contributed by atoms with Crippen molar-refractivity contribution in [2.45, 2.75) is 13.3 Å². The minimum Gasteiger partial charge on any atom is -0.466 e. The van der Waals surface area contributed by atoms with Gasteiger partial charge in [-0.2, -0.15) is 0 Å². The van der Waals surface area contributed by atoms with Crippen LogP contribution in [0.25, 0.3) is 0 Å². The van der Waals surface area contributed by atoms with E-state index in [2.05, 4.69) is 22.6 Å². The molecule has 0 aliphatic rings. The molecule has 6 heteroatoms. The van der Waals surface area contributed by atoms with Gasteiger partial charge in [0.25, 0.3) is 0 Å². The van der Waals surface area contributed by atoms with Crippen LogP contribution in [0.15, 0.2) is 0 Å². The molecule has 0 aromatic carbocycles. The smallest absolute Gasteiger partial charge is 0.308 e. The number of ether oxygens (including phenoxy) is 4. The third-order valence-corrected chi connectivity index (χ3v) is 2.16. The Bertz CT molecular complexity index is 177. The van der Waals surface area contributed by atoms with E-state index in [0.29, 0.717) is 46.1 Å². The number of alkyl halides is 1. The maximum absolute atomic E-state index is 10.9. The highest BCUT2D eigenvalue weighted by atomic mass is 127. The molecule has 0 saturated heterocycles. The Balaban J connectivity index is 3.01. The molecule has 0 bridgehead atoms. The molecule has 0 radical (unpaired) electrons. The van der Waals surface area contributed by atoms with Crippen molar-refractivity contribution in [3.8, 4) is 0 Å². The van der Waals surface area contributed by atoms with Gasteiger partial charge >= 0.3 is 5.97 Å². The van der Waals surface area contributed by atoms with Crippen molar-refractivity contribution in [3.63, 3.8) is 0 Å². The lowest BCUT2D eigenvalue weighted by molar-refractivity contribution is -0.144. The average molecular weight is 360 g/mol. The first-order valence-corrected chi connectivity index (χ1v) is 7.28. The minimum absolute atomic E-state index is 0.222. The zero-order valence-corrected chi connectivity index (χ0v) is 12.4. The first kappa shape index (κ1) is 17.1. The zero-order chi connectivity index (χ0) is 12.8. The van der Waals surface area contributed by atoms with E-state index in [-0.39, 0.29) is 5.97 Å². The van der Waals surface area contributed by atoms with Crippen LogP contribution in [0, 0.1) is 0 Å². The summed E-state index contributed by atoms with van der Waals surface area (Å²) in [5.74, 6) is -0.222. The van der Waals surface area contributed by atoms with E-state index < -0.39 is 0 Å². The fraction of sp³-hybridized carbons (Fsp3) is 0.909. The van der Waals surface area contributed by atoms with Gasteiger partial charge in [-0.1, -0.05) is 22.6 Å². The van der Waals surface area contributed by atoms with E-state index in [1.165, 1.54) is 0 Å². The summed E-state index contributed by atoms with van der Waals surface area (Å²) in [6.45, 7) is 5.56. The second kappa shape index (κ2) is 14.1. The number of rotatable bonds is 12. The summed E-state index contributed by atoms with van der Waals surface area (Å²) >= 11 is 2.26. The van der Waals surface area contributed by atoms with E-state index in [0.717, 1.165) is 11.0 Å². The van der Waals surface area contributed by atoms with Gasteiger partial charge < -0.3 is 18.9 Å². The molecule has 0 unspecified atom stereocenters. The fourth-order valence-corrected chi connectivity index (χ4v) is 1.30. The number of esters is 1. The Morgan fingerprint density at radius 1 is 0.941 bits per heavy atom. The lowest BCUT2D eigenvalue weighted by Gasteiger charge is -2.06. The van der Waals surface area contributed by atoms with Crippen LogP contribution < -0.4 is 0 Å². The van der Waals surface area contributed by atoms with E-state index in [1.54, 1.807) is 6.92 Å². The molecule has 0 aromatic heterocycles. The van der Waals surface area contributed by atoms with E-state index in [1.807, 2.05) is 0 Å². The van der Waals surface area contributed by atoms with Crippen LogP contribution in [0.2, 0.25) is 0 Å². The molecule has 0 saturated carbocycles. The van der Waals surface area contributed by atoms with Gasteiger partial charge in [0, 0.05) is 4.43 Å². The molecule has 5 nitrogen and oxygen atoms in total. The SMILES string of the molecule is CCOC(=O)CCOCCOCCOCCI. The summed E-state index contributed by atoms with van der Waals surface area (Å²) in [5, 5.41) is 0. The van der Waals surface area contributed by atoms with Crippen molar-refractivity contribution in [3.05, 3.63) is 0 Å². The monoisotopic (exact) mass is 360 g/mol. The summed E-state index contributed by atoms with van der Waals surface area (Å²) < 4.78 is 21.5. The molecule has 0 aromatic rings. The molecule has 0 heterocycles. The molecule has 0 spiro atoms. The minimum atomic E-state index is -0.222. The highest BCUT2D eigenvalue weighted by Gasteiger charge is 2.00. The van der Waals surface area contributed by atoms with Gasteiger partial charge in [-0.05, 0) is 6.92 Å².